The third-order valence-corrected chi connectivity index (χ3v) is 2.53. The molecule has 2 aromatic rings. The first-order valence-corrected chi connectivity index (χ1v) is 4.82. The molecule has 1 aromatic carbocycles. The molecule has 4 heteroatoms. The van der Waals surface area contributed by atoms with Crippen LogP contribution in [0.3, 0.4) is 0 Å². The van der Waals surface area contributed by atoms with Crippen LogP contribution in [0.4, 0.5) is 0 Å². The smallest absolute Gasteiger partial charge is 0.272 e. The van der Waals surface area contributed by atoms with E-state index in [1.165, 1.54) is 0 Å². The van der Waals surface area contributed by atoms with Crippen LogP contribution >= 0.6 is 0 Å². The van der Waals surface area contributed by atoms with Gasteiger partial charge in [0.05, 0.1) is 0 Å². The van der Waals surface area contributed by atoms with Crippen molar-refractivity contribution < 1.29 is 9.26 Å². The number of aryl methyl sites for hydroxylation is 2. The molecule has 76 valence electrons. The fourth-order valence-electron chi connectivity index (χ4n) is 1.77. The van der Waals surface area contributed by atoms with Crippen molar-refractivity contribution in [3.05, 3.63) is 41.0 Å². The SMILES string of the molecule is Cc1noc(C2Oc3c(C)cccc32)n1. The zero-order valence-electron chi connectivity index (χ0n) is 8.52. The molecule has 0 saturated carbocycles. The van der Waals surface area contributed by atoms with Gasteiger partial charge in [-0.05, 0) is 19.4 Å². The Labute approximate surface area is 86.9 Å². The van der Waals surface area contributed by atoms with Crippen LogP contribution < -0.4 is 4.74 Å². The van der Waals surface area contributed by atoms with Crippen molar-refractivity contribution in [3.63, 3.8) is 0 Å². The van der Waals surface area contributed by atoms with Crippen molar-refractivity contribution in [2.45, 2.75) is 20.0 Å². The van der Waals surface area contributed by atoms with E-state index in [0.29, 0.717) is 11.7 Å². The Hall–Kier alpha value is -1.84. The van der Waals surface area contributed by atoms with Crippen molar-refractivity contribution in [2.24, 2.45) is 0 Å². The largest absolute Gasteiger partial charge is 0.475 e. The maximum absolute atomic E-state index is 5.62. The topological polar surface area (TPSA) is 48.2 Å². The van der Waals surface area contributed by atoms with Gasteiger partial charge in [-0.15, -0.1) is 0 Å². The lowest BCUT2D eigenvalue weighted by atomic mass is 9.99. The zero-order valence-corrected chi connectivity index (χ0v) is 8.52. The van der Waals surface area contributed by atoms with E-state index < -0.39 is 0 Å². The fraction of sp³-hybridized carbons (Fsp3) is 0.273. The summed E-state index contributed by atoms with van der Waals surface area (Å²) in [6.07, 6.45) is -0.180. The van der Waals surface area contributed by atoms with Gasteiger partial charge in [0, 0.05) is 5.56 Å². The molecule has 0 spiro atoms. The highest BCUT2D eigenvalue weighted by molar-refractivity contribution is 5.49. The van der Waals surface area contributed by atoms with Crippen LogP contribution in [0, 0.1) is 13.8 Å². The zero-order chi connectivity index (χ0) is 10.4. The molecule has 1 unspecified atom stereocenters. The molecule has 1 aliphatic rings. The van der Waals surface area contributed by atoms with Crippen molar-refractivity contribution in [2.75, 3.05) is 0 Å². The van der Waals surface area contributed by atoms with Crippen LogP contribution in [0.25, 0.3) is 0 Å². The molecule has 0 bridgehead atoms. The molecule has 0 fully saturated rings. The van der Waals surface area contributed by atoms with Crippen LogP contribution in [-0.2, 0) is 0 Å². The molecule has 2 heterocycles. The first-order chi connectivity index (χ1) is 7.25. The number of aromatic nitrogens is 2. The molecule has 3 rings (SSSR count). The van der Waals surface area contributed by atoms with Gasteiger partial charge in [-0.2, -0.15) is 4.98 Å². The van der Waals surface area contributed by atoms with E-state index in [2.05, 4.69) is 10.1 Å². The standard InChI is InChI=1S/C11H10N2O2/c1-6-4-3-5-8-9(6)14-10(8)11-12-7(2)13-15-11/h3-5,10H,1-2H3. The summed E-state index contributed by atoms with van der Waals surface area (Å²) in [5.74, 6) is 2.11. The van der Waals surface area contributed by atoms with E-state index >= 15 is 0 Å². The Morgan fingerprint density at radius 2 is 2.13 bits per heavy atom. The fourth-order valence-corrected chi connectivity index (χ4v) is 1.77. The maximum Gasteiger partial charge on any atom is 0.272 e. The number of benzene rings is 1. The number of para-hydroxylation sites is 1. The van der Waals surface area contributed by atoms with Crippen LogP contribution in [0.15, 0.2) is 22.7 Å². The van der Waals surface area contributed by atoms with Gasteiger partial charge in [0.2, 0.25) is 6.10 Å². The summed E-state index contributed by atoms with van der Waals surface area (Å²) in [5, 5.41) is 3.75. The van der Waals surface area contributed by atoms with Gasteiger partial charge in [-0.25, -0.2) is 0 Å². The van der Waals surface area contributed by atoms with Crippen molar-refractivity contribution >= 4 is 0 Å². The lowest BCUT2D eigenvalue weighted by molar-refractivity contribution is 0.142. The summed E-state index contributed by atoms with van der Waals surface area (Å²) in [6, 6.07) is 6.05. The molecule has 0 saturated heterocycles. The van der Waals surface area contributed by atoms with Crippen molar-refractivity contribution in [3.8, 4) is 5.75 Å². The molecule has 0 aliphatic carbocycles. The van der Waals surface area contributed by atoms with Crippen molar-refractivity contribution in [1.82, 2.24) is 10.1 Å². The second kappa shape index (κ2) is 2.82. The number of fused-ring (bicyclic) bond motifs is 1. The summed E-state index contributed by atoms with van der Waals surface area (Å²) in [5.41, 5.74) is 2.26. The molecule has 1 aliphatic heterocycles. The van der Waals surface area contributed by atoms with E-state index in [1.54, 1.807) is 6.92 Å². The van der Waals surface area contributed by atoms with Gasteiger partial charge in [0.25, 0.3) is 5.89 Å². The highest BCUT2D eigenvalue weighted by Gasteiger charge is 2.35. The first-order valence-electron chi connectivity index (χ1n) is 4.82. The normalized spacial score (nSPS) is 17.9. The first kappa shape index (κ1) is 8.47. The second-order valence-electron chi connectivity index (χ2n) is 3.67. The van der Waals surface area contributed by atoms with Gasteiger partial charge < -0.3 is 9.26 Å². The van der Waals surface area contributed by atoms with Gasteiger partial charge in [-0.3, -0.25) is 0 Å². The molecular weight excluding hydrogens is 192 g/mol. The van der Waals surface area contributed by atoms with E-state index in [-0.39, 0.29) is 6.10 Å². The summed E-state index contributed by atoms with van der Waals surface area (Å²) in [6.45, 7) is 3.82. The van der Waals surface area contributed by atoms with Gasteiger partial charge in [0.1, 0.15) is 5.75 Å². The predicted molar refractivity (Wildman–Crippen MR) is 52.7 cm³/mol. The Balaban J connectivity index is 2.01. The third kappa shape index (κ3) is 1.14. The molecule has 15 heavy (non-hydrogen) atoms. The van der Waals surface area contributed by atoms with Crippen LogP contribution in [0.5, 0.6) is 5.75 Å². The molecule has 1 aromatic heterocycles. The Morgan fingerprint density at radius 3 is 2.87 bits per heavy atom. The number of nitrogens with zero attached hydrogens (tertiary/aromatic N) is 2. The minimum Gasteiger partial charge on any atom is -0.475 e. The molecule has 0 N–H and O–H groups in total. The van der Waals surface area contributed by atoms with Crippen LogP contribution in [-0.4, -0.2) is 10.1 Å². The number of ether oxygens (including phenoxy) is 1. The lowest BCUT2D eigenvalue weighted by Gasteiger charge is -2.29. The maximum atomic E-state index is 5.62. The summed E-state index contributed by atoms with van der Waals surface area (Å²) < 4.78 is 10.7. The van der Waals surface area contributed by atoms with Gasteiger partial charge in [-0.1, -0.05) is 23.4 Å². The molecule has 0 radical (unpaired) electrons. The molecule has 1 atom stereocenters. The highest BCUT2D eigenvalue weighted by Crippen LogP contribution is 2.44. The van der Waals surface area contributed by atoms with Crippen LogP contribution in [0.1, 0.15) is 28.9 Å². The summed E-state index contributed by atoms with van der Waals surface area (Å²) >= 11 is 0. The van der Waals surface area contributed by atoms with E-state index in [1.807, 2.05) is 25.1 Å². The Bertz CT molecular complexity index is 519. The Kier molecular flexibility index (Phi) is 1.59. The predicted octanol–water partition coefficient (Wildman–Crippen LogP) is 2.17. The van der Waals surface area contributed by atoms with Gasteiger partial charge >= 0.3 is 0 Å². The van der Waals surface area contributed by atoms with E-state index in [0.717, 1.165) is 16.9 Å². The summed E-state index contributed by atoms with van der Waals surface area (Å²) in [4.78, 5) is 4.16. The minimum absolute atomic E-state index is 0.180. The number of hydrogen-bond donors (Lipinski definition) is 0. The van der Waals surface area contributed by atoms with Gasteiger partial charge in [0.15, 0.2) is 5.82 Å². The number of hydrogen-bond acceptors (Lipinski definition) is 4. The van der Waals surface area contributed by atoms with Crippen LogP contribution in [0.2, 0.25) is 0 Å². The average Bonchev–Trinajstić information content (AvgIpc) is 2.56. The molecular formula is C11H10N2O2. The van der Waals surface area contributed by atoms with E-state index in [4.69, 9.17) is 9.26 Å². The average molecular weight is 202 g/mol. The molecule has 4 nitrogen and oxygen atoms in total. The third-order valence-electron chi connectivity index (χ3n) is 2.53. The second-order valence-corrected chi connectivity index (χ2v) is 3.67. The minimum atomic E-state index is -0.180. The Morgan fingerprint density at radius 1 is 1.27 bits per heavy atom. The highest BCUT2D eigenvalue weighted by atomic mass is 16.5. The summed E-state index contributed by atoms with van der Waals surface area (Å²) in [7, 11) is 0. The van der Waals surface area contributed by atoms with E-state index in [9.17, 15) is 0 Å². The lowest BCUT2D eigenvalue weighted by Crippen LogP contribution is -2.21. The number of rotatable bonds is 1. The molecule has 0 amide bonds. The quantitative estimate of drug-likeness (QED) is 0.711. The monoisotopic (exact) mass is 202 g/mol. The van der Waals surface area contributed by atoms with Crippen molar-refractivity contribution in [1.29, 1.82) is 0 Å².